The second kappa shape index (κ2) is 12.0. The number of carbonyl (C=O) groups is 4. The predicted molar refractivity (Wildman–Crippen MR) is 140 cm³/mol. The summed E-state index contributed by atoms with van der Waals surface area (Å²) in [5.74, 6) is -6.40. The van der Waals surface area contributed by atoms with Crippen molar-refractivity contribution in [2.24, 2.45) is 11.8 Å². The maximum atomic E-state index is 13.5. The minimum Gasteiger partial charge on any atom is -0.465 e. The fourth-order valence-corrected chi connectivity index (χ4v) is 5.01. The van der Waals surface area contributed by atoms with Crippen LogP contribution in [0.4, 0.5) is 0 Å². The second-order valence-corrected chi connectivity index (χ2v) is 9.78. The molecule has 1 aliphatic rings. The molecule has 1 fully saturated rings. The zero-order valence-electron chi connectivity index (χ0n) is 21.7. The van der Waals surface area contributed by atoms with Crippen molar-refractivity contribution in [2.75, 3.05) is 7.11 Å². The Kier molecular flexibility index (Phi) is 8.56. The molecule has 202 valence electrons. The molecular formula is C31H30O8. The first kappa shape index (κ1) is 27.7. The fraction of sp³-hybridized carbons (Fsp3) is 0.290. The lowest BCUT2D eigenvalue weighted by Crippen LogP contribution is -2.55. The van der Waals surface area contributed by atoms with E-state index in [1.54, 1.807) is 48.5 Å². The molecule has 8 heteroatoms. The van der Waals surface area contributed by atoms with Crippen LogP contribution in [0.3, 0.4) is 0 Å². The number of rotatable bonds is 8. The molecule has 3 aromatic carbocycles. The van der Waals surface area contributed by atoms with Gasteiger partial charge in [-0.2, -0.15) is 0 Å². The van der Waals surface area contributed by atoms with Crippen LogP contribution in [0.15, 0.2) is 84.9 Å². The highest BCUT2D eigenvalue weighted by Gasteiger charge is 2.57. The third-order valence-electron chi connectivity index (χ3n) is 6.94. The molecular weight excluding hydrogens is 500 g/mol. The Morgan fingerprint density at radius 1 is 0.821 bits per heavy atom. The van der Waals surface area contributed by atoms with E-state index in [-0.39, 0.29) is 18.8 Å². The number of esters is 3. The number of benzene rings is 3. The molecule has 0 aromatic heterocycles. The van der Waals surface area contributed by atoms with Gasteiger partial charge < -0.3 is 19.3 Å². The number of hydrogen-bond donors (Lipinski definition) is 1. The van der Waals surface area contributed by atoms with Crippen LogP contribution >= 0.6 is 0 Å². The maximum Gasteiger partial charge on any atom is 0.337 e. The van der Waals surface area contributed by atoms with Gasteiger partial charge in [-0.3, -0.25) is 14.4 Å². The summed E-state index contributed by atoms with van der Waals surface area (Å²) in [6.07, 6.45) is -0.431. The molecule has 0 amide bonds. The van der Waals surface area contributed by atoms with E-state index in [9.17, 15) is 24.3 Å². The average Bonchev–Trinajstić information content (AvgIpc) is 2.94. The van der Waals surface area contributed by atoms with Crippen LogP contribution in [0.1, 0.15) is 46.3 Å². The van der Waals surface area contributed by atoms with Crippen molar-refractivity contribution in [1.82, 2.24) is 0 Å². The highest BCUT2D eigenvalue weighted by atomic mass is 16.5. The van der Waals surface area contributed by atoms with Gasteiger partial charge in [0.15, 0.2) is 5.78 Å². The van der Waals surface area contributed by atoms with Gasteiger partial charge in [0.1, 0.15) is 19.1 Å². The summed E-state index contributed by atoms with van der Waals surface area (Å²) in [5.41, 5.74) is 0.335. The quantitative estimate of drug-likeness (QED) is 0.264. The Morgan fingerprint density at radius 2 is 1.33 bits per heavy atom. The van der Waals surface area contributed by atoms with Gasteiger partial charge in [0.05, 0.1) is 24.2 Å². The van der Waals surface area contributed by atoms with Crippen molar-refractivity contribution >= 4 is 23.7 Å². The lowest BCUT2D eigenvalue weighted by Gasteiger charge is -2.43. The Labute approximate surface area is 226 Å². The number of carbonyl (C=O) groups excluding carboxylic acids is 4. The van der Waals surface area contributed by atoms with Crippen LogP contribution in [0.5, 0.6) is 0 Å². The highest BCUT2D eigenvalue weighted by molar-refractivity contribution is 6.03. The van der Waals surface area contributed by atoms with E-state index in [0.29, 0.717) is 5.56 Å². The van der Waals surface area contributed by atoms with Crippen LogP contribution in [0.25, 0.3) is 0 Å². The summed E-state index contributed by atoms with van der Waals surface area (Å²) in [4.78, 5) is 52.2. The summed E-state index contributed by atoms with van der Waals surface area (Å²) in [6, 6.07) is 24.1. The number of methoxy groups -OCH3 is 1. The number of hydrogen-bond acceptors (Lipinski definition) is 8. The van der Waals surface area contributed by atoms with Crippen molar-refractivity contribution in [3.63, 3.8) is 0 Å². The van der Waals surface area contributed by atoms with E-state index in [2.05, 4.69) is 0 Å². The summed E-state index contributed by atoms with van der Waals surface area (Å²) in [5, 5.41) is 11.3. The largest absolute Gasteiger partial charge is 0.465 e. The molecule has 1 aliphatic carbocycles. The van der Waals surface area contributed by atoms with Gasteiger partial charge in [0, 0.05) is 12.3 Å². The zero-order chi connectivity index (χ0) is 28.0. The number of ether oxygens (including phenoxy) is 3. The predicted octanol–water partition coefficient (Wildman–Crippen LogP) is 4.00. The van der Waals surface area contributed by atoms with E-state index in [1.165, 1.54) is 26.2 Å². The second-order valence-electron chi connectivity index (χ2n) is 9.78. The summed E-state index contributed by atoms with van der Waals surface area (Å²) >= 11 is 0. The topological polar surface area (TPSA) is 116 Å². The number of ketones is 1. The summed E-state index contributed by atoms with van der Waals surface area (Å²) in [6.45, 7) is 1.29. The molecule has 1 saturated carbocycles. The molecule has 8 nitrogen and oxygen atoms in total. The van der Waals surface area contributed by atoms with Gasteiger partial charge in [-0.15, -0.1) is 0 Å². The van der Waals surface area contributed by atoms with Gasteiger partial charge >= 0.3 is 17.9 Å². The van der Waals surface area contributed by atoms with Crippen LogP contribution in [0.2, 0.25) is 0 Å². The maximum absolute atomic E-state index is 13.5. The van der Waals surface area contributed by atoms with Crippen LogP contribution in [0, 0.1) is 11.8 Å². The highest BCUT2D eigenvalue weighted by Crippen LogP contribution is 2.47. The van der Waals surface area contributed by atoms with Crippen molar-refractivity contribution in [2.45, 2.75) is 38.1 Å². The number of Topliss-reactive ketones (excluding diaryl/α,β-unsaturated/α-hetero) is 1. The molecule has 4 atom stereocenters. The lowest BCUT2D eigenvalue weighted by atomic mass is 9.61. The molecule has 0 aliphatic heterocycles. The van der Waals surface area contributed by atoms with Gasteiger partial charge in [0.25, 0.3) is 0 Å². The SMILES string of the molecule is COC(=O)c1ccc([C@@H]2[C@H](C(=O)OCc3ccccc3)C(=O)C[C@@](C)(O)[C@H]2C(=O)OCc2ccccc2)cc1. The van der Waals surface area contributed by atoms with E-state index >= 15 is 0 Å². The Bertz CT molecular complexity index is 1320. The molecule has 1 N–H and O–H groups in total. The van der Waals surface area contributed by atoms with Gasteiger partial charge in [-0.25, -0.2) is 4.79 Å². The van der Waals surface area contributed by atoms with Gasteiger partial charge in [-0.05, 0) is 35.7 Å². The zero-order valence-corrected chi connectivity index (χ0v) is 21.7. The molecule has 3 aromatic rings. The molecule has 0 unspecified atom stereocenters. The third-order valence-corrected chi connectivity index (χ3v) is 6.94. The third kappa shape index (κ3) is 6.41. The Balaban J connectivity index is 1.69. The normalized spacial score (nSPS) is 22.5. The van der Waals surface area contributed by atoms with Gasteiger partial charge in [-0.1, -0.05) is 72.8 Å². The number of aliphatic hydroxyl groups is 1. The van der Waals surface area contributed by atoms with E-state index in [0.717, 1.165) is 11.1 Å². The van der Waals surface area contributed by atoms with Crippen LogP contribution in [-0.2, 0) is 41.8 Å². The minimum absolute atomic E-state index is 0.0443. The fourth-order valence-electron chi connectivity index (χ4n) is 5.01. The Morgan fingerprint density at radius 3 is 1.85 bits per heavy atom. The monoisotopic (exact) mass is 530 g/mol. The Hall–Kier alpha value is -4.30. The van der Waals surface area contributed by atoms with E-state index < -0.39 is 53.5 Å². The molecule has 0 radical (unpaired) electrons. The first-order valence-electron chi connectivity index (χ1n) is 12.6. The van der Waals surface area contributed by atoms with Crippen molar-refractivity contribution in [3.8, 4) is 0 Å². The van der Waals surface area contributed by atoms with E-state index in [4.69, 9.17) is 14.2 Å². The molecule has 4 rings (SSSR count). The molecule has 39 heavy (non-hydrogen) atoms. The van der Waals surface area contributed by atoms with E-state index in [1.807, 2.05) is 24.3 Å². The molecule has 0 spiro atoms. The smallest absolute Gasteiger partial charge is 0.337 e. The summed E-state index contributed by atoms with van der Waals surface area (Å²) < 4.78 is 15.9. The van der Waals surface area contributed by atoms with Gasteiger partial charge in [0.2, 0.25) is 0 Å². The first-order valence-corrected chi connectivity index (χ1v) is 12.6. The van der Waals surface area contributed by atoms with Crippen molar-refractivity contribution < 1.29 is 38.5 Å². The standard InChI is InChI=1S/C31H30O8/c1-31(36)17-24(32)26(29(34)38-18-20-9-5-3-6-10-20)25(22-13-15-23(16-14-22)28(33)37-2)27(31)30(35)39-19-21-11-7-4-8-12-21/h3-16,25-27,36H,17-19H2,1-2H3/t25-,26-,27-,31-/m1/s1. The molecule has 0 bridgehead atoms. The lowest BCUT2D eigenvalue weighted by molar-refractivity contribution is -0.174. The molecule has 0 saturated heterocycles. The molecule has 0 heterocycles. The van der Waals surface area contributed by atoms with Crippen LogP contribution < -0.4 is 0 Å². The van der Waals surface area contributed by atoms with Crippen molar-refractivity contribution in [1.29, 1.82) is 0 Å². The van der Waals surface area contributed by atoms with Crippen LogP contribution in [-0.4, -0.2) is 41.5 Å². The van der Waals surface area contributed by atoms with Crippen molar-refractivity contribution in [3.05, 3.63) is 107 Å². The average molecular weight is 531 g/mol. The minimum atomic E-state index is -1.80. The summed E-state index contributed by atoms with van der Waals surface area (Å²) in [7, 11) is 1.25. The first-order chi connectivity index (χ1) is 18.7.